The van der Waals surface area contributed by atoms with Gasteiger partial charge in [-0.15, -0.1) is 10.2 Å². The number of hydrogen-bond acceptors (Lipinski definition) is 7. The molecule has 0 saturated carbocycles. The minimum atomic E-state index is -0.180. The standard InChI is InChI=1S/C8H12N6OS2/c1-3-14-7(15)11-12-8(14)16-4-5-6(9-2)17-13-10-5/h9H,3-4H2,1-2H3,(H,11,15). The van der Waals surface area contributed by atoms with Crippen molar-refractivity contribution in [1.29, 1.82) is 0 Å². The highest BCUT2D eigenvalue weighted by Gasteiger charge is 2.11. The van der Waals surface area contributed by atoms with E-state index in [0.717, 1.165) is 10.7 Å². The lowest BCUT2D eigenvalue weighted by molar-refractivity contribution is 0.660. The van der Waals surface area contributed by atoms with Crippen molar-refractivity contribution in [3.63, 3.8) is 0 Å². The number of aromatic nitrogens is 5. The maximum absolute atomic E-state index is 11.3. The summed E-state index contributed by atoms with van der Waals surface area (Å²) in [6.45, 7) is 2.51. The van der Waals surface area contributed by atoms with E-state index < -0.39 is 0 Å². The summed E-state index contributed by atoms with van der Waals surface area (Å²) in [7, 11) is 1.83. The SMILES string of the molecule is CCn1c(SCc2nnsc2NC)n[nH]c1=O. The molecule has 0 spiro atoms. The smallest absolute Gasteiger partial charge is 0.343 e. The number of aromatic amines is 1. The molecule has 0 amide bonds. The lowest BCUT2D eigenvalue weighted by Crippen LogP contribution is -2.16. The van der Waals surface area contributed by atoms with Crippen LogP contribution in [0.15, 0.2) is 9.95 Å². The van der Waals surface area contributed by atoms with Gasteiger partial charge >= 0.3 is 5.69 Å². The van der Waals surface area contributed by atoms with E-state index >= 15 is 0 Å². The number of nitrogens with zero attached hydrogens (tertiary/aromatic N) is 4. The monoisotopic (exact) mass is 272 g/mol. The largest absolute Gasteiger partial charge is 0.377 e. The highest BCUT2D eigenvalue weighted by Crippen LogP contribution is 2.25. The molecular weight excluding hydrogens is 260 g/mol. The second kappa shape index (κ2) is 5.32. The predicted octanol–water partition coefficient (Wildman–Crippen LogP) is 0.777. The van der Waals surface area contributed by atoms with E-state index in [9.17, 15) is 4.79 Å². The molecule has 92 valence electrons. The van der Waals surface area contributed by atoms with Crippen molar-refractivity contribution < 1.29 is 0 Å². The molecule has 2 aromatic rings. The Morgan fingerprint density at radius 3 is 3.12 bits per heavy atom. The Hall–Kier alpha value is -1.35. The van der Waals surface area contributed by atoms with Crippen LogP contribution in [0.2, 0.25) is 0 Å². The minimum absolute atomic E-state index is 0.180. The van der Waals surface area contributed by atoms with Gasteiger partial charge in [0.25, 0.3) is 0 Å². The molecule has 9 heteroatoms. The molecule has 0 aromatic carbocycles. The predicted molar refractivity (Wildman–Crippen MR) is 67.5 cm³/mol. The molecule has 0 fully saturated rings. The van der Waals surface area contributed by atoms with E-state index in [1.165, 1.54) is 23.3 Å². The summed E-state index contributed by atoms with van der Waals surface area (Å²) >= 11 is 2.78. The van der Waals surface area contributed by atoms with E-state index in [1.54, 1.807) is 4.57 Å². The van der Waals surface area contributed by atoms with Gasteiger partial charge in [0.15, 0.2) is 5.16 Å². The number of thioether (sulfide) groups is 1. The molecule has 2 heterocycles. The molecule has 2 rings (SSSR count). The van der Waals surface area contributed by atoms with Crippen LogP contribution < -0.4 is 11.0 Å². The number of anilines is 1. The fourth-order valence-electron chi connectivity index (χ4n) is 1.32. The summed E-state index contributed by atoms with van der Waals surface area (Å²) < 4.78 is 5.46. The quantitative estimate of drug-likeness (QED) is 0.782. The molecule has 17 heavy (non-hydrogen) atoms. The van der Waals surface area contributed by atoms with Crippen LogP contribution in [0, 0.1) is 0 Å². The van der Waals surface area contributed by atoms with Gasteiger partial charge in [0.05, 0.1) is 0 Å². The zero-order valence-corrected chi connectivity index (χ0v) is 11.1. The summed E-state index contributed by atoms with van der Waals surface area (Å²) in [5.41, 5.74) is 0.695. The molecule has 0 saturated heterocycles. The van der Waals surface area contributed by atoms with Crippen molar-refractivity contribution in [2.24, 2.45) is 0 Å². The maximum Gasteiger partial charge on any atom is 0.343 e. The van der Waals surface area contributed by atoms with Crippen molar-refractivity contribution in [2.75, 3.05) is 12.4 Å². The average Bonchev–Trinajstić information content (AvgIpc) is 2.92. The van der Waals surface area contributed by atoms with Gasteiger partial charge in [0.2, 0.25) is 0 Å². The van der Waals surface area contributed by atoms with Gasteiger partial charge in [-0.1, -0.05) is 16.3 Å². The topological polar surface area (TPSA) is 88.5 Å². The van der Waals surface area contributed by atoms with E-state index in [0.29, 0.717) is 17.5 Å². The third kappa shape index (κ3) is 2.50. The first-order chi connectivity index (χ1) is 8.26. The molecule has 0 aliphatic heterocycles. The molecule has 0 unspecified atom stereocenters. The molecule has 2 aromatic heterocycles. The lowest BCUT2D eigenvalue weighted by atomic mass is 10.5. The van der Waals surface area contributed by atoms with Gasteiger partial charge in [-0.2, -0.15) is 0 Å². The van der Waals surface area contributed by atoms with Gasteiger partial charge in [-0.25, -0.2) is 9.89 Å². The molecule has 7 nitrogen and oxygen atoms in total. The van der Waals surface area contributed by atoms with Crippen molar-refractivity contribution >= 4 is 28.3 Å². The fourth-order valence-corrected chi connectivity index (χ4v) is 2.89. The number of nitrogens with one attached hydrogen (secondary N) is 2. The van der Waals surface area contributed by atoms with Gasteiger partial charge < -0.3 is 5.32 Å². The van der Waals surface area contributed by atoms with Crippen LogP contribution in [0.1, 0.15) is 12.6 Å². The number of hydrogen-bond donors (Lipinski definition) is 2. The zero-order chi connectivity index (χ0) is 12.3. The van der Waals surface area contributed by atoms with Gasteiger partial charge in [-0.05, 0) is 6.92 Å². The minimum Gasteiger partial charge on any atom is -0.377 e. The van der Waals surface area contributed by atoms with Crippen molar-refractivity contribution in [1.82, 2.24) is 24.4 Å². The van der Waals surface area contributed by atoms with E-state index in [-0.39, 0.29) is 5.69 Å². The van der Waals surface area contributed by atoms with E-state index in [2.05, 4.69) is 25.1 Å². The highest BCUT2D eigenvalue weighted by molar-refractivity contribution is 7.98. The summed E-state index contributed by atoms with van der Waals surface area (Å²) in [5.74, 6) is 0.636. The summed E-state index contributed by atoms with van der Waals surface area (Å²) in [6, 6.07) is 0. The van der Waals surface area contributed by atoms with Crippen molar-refractivity contribution in [2.45, 2.75) is 24.4 Å². The summed E-state index contributed by atoms with van der Waals surface area (Å²) in [6.07, 6.45) is 0. The lowest BCUT2D eigenvalue weighted by Gasteiger charge is -2.01. The van der Waals surface area contributed by atoms with Gasteiger partial charge in [-0.3, -0.25) is 4.57 Å². The Kier molecular flexibility index (Phi) is 3.79. The van der Waals surface area contributed by atoms with Crippen LogP contribution in [-0.4, -0.2) is 31.4 Å². The zero-order valence-electron chi connectivity index (χ0n) is 9.43. The van der Waals surface area contributed by atoms with Crippen LogP contribution in [0.5, 0.6) is 0 Å². The van der Waals surface area contributed by atoms with E-state index in [4.69, 9.17) is 0 Å². The first-order valence-corrected chi connectivity index (χ1v) is 6.79. The van der Waals surface area contributed by atoms with E-state index in [1.807, 2.05) is 14.0 Å². The van der Waals surface area contributed by atoms with Crippen molar-refractivity contribution in [3.8, 4) is 0 Å². The van der Waals surface area contributed by atoms with Crippen LogP contribution in [0.4, 0.5) is 5.00 Å². The first kappa shape index (κ1) is 12.1. The van der Waals surface area contributed by atoms with Gasteiger partial charge in [0, 0.05) is 30.9 Å². The highest BCUT2D eigenvalue weighted by atomic mass is 32.2. The second-order valence-electron chi connectivity index (χ2n) is 3.14. The third-order valence-electron chi connectivity index (χ3n) is 2.16. The Balaban J connectivity index is 2.10. The Bertz CT molecular complexity index is 544. The Labute approximate surface area is 106 Å². The summed E-state index contributed by atoms with van der Waals surface area (Å²) in [4.78, 5) is 11.3. The molecular formula is C8H12N6OS2. The maximum atomic E-state index is 11.3. The molecule has 0 atom stereocenters. The van der Waals surface area contributed by atoms with Gasteiger partial charge in [0.1, 0.15) is 10.7 Å². The van der Waals surface area contributed by atoms with Crippen LogP contribution in [0.25, 0.3) is 0 Å². The molecule has 0 radical (unpaired) electrons. The summed E-state index contributed by atoms with van der Waals surface area (Å²) in [5, 5.41) is 15.1. The third-order valence-corrected chi connectivity index (χ3v) is 3.93. The normalized spacial score (nSPS) is 10.7. The fraction of sp³-hybridized carbons (Fsp3) is 0.500. The molecule has 0 aliphatic carbocycles. The average molecular weight is 272 g/mol. The molecule has 0 bridgehead atoms. The Morgan fingerprint density at radius 2 is 2.41 bits per heavy atom. The van der Waals surface area contributed by atoms with Crippen LogP contribution in [0.3, 0.4) is 0 Å². The van der Waals surface area contributed by atoms with Crippen molar-refractivity contribution in [3.05, 3.63) is 16.2 Å². The Morgan fingerprint density at radius 1 is 1.59 bits per heavy atom. The molecule has 0 aliphatic rings. The first-order valence-electron chi connectivity index (χ1n) is 5.03. The number of rotatable bonds is 5. The molecule has 2 N–H and O–H groups in total. The second-order valence-corrected chi connectivity index (χ2v) is 4.84. The van der Waals surface area contributed by atoms with Crippen LogP contribution >= 0.6 is 23.3 Å². The number of H-pyrrole nitrogens is 1. The van der Waals surface area contributed by atoms with Crippen LogP contribution in [-0.2, 0) is 12.3 Å².